The summed E-state index contributed by atoms with van der Waals surface area (Å²) in [7, 11) is 3.35. The molecule has 2 atom stereocenters. The topological polar surface area (TPSA) is 82.7 Å². The SMILES string of the molecule is CCOc1ncnc(N2CC(OC)C(OC)C2)c1N. The van der Waals surface area contributed by atoms with Gasteiger partial charge in [0.1, 0.15) is 24.2 Å². The standard InChI is InChI=1S/C12H20N4O3/c1-4-19-12-10(13)11(14-7-15-12)16-5-8(17-2)9(6-16)18-3/h7-9H,4-6,13H2,1-3H3. The van der Waals surface area contributed by atoms with Gasteiger partial charge in [0.05, 0.1) is 6.61 Å². The van der Waals surface area contributed by atoms with Gasteiger partial charge in [0.25, 0.3) is 0 Å². The van der Waals surface area contributed by atoms with Gasteiger partial charge in [0.15, 0.2) is 5.82 Å². The van der Waals surface area contributed by atoms with Crippen LogP contribution in [0.25, 0.3) is 0 Å². The molecule has 0 aromatic carbocycles. The van der Waals surface area contributed by atoms with Crippen LogP contribution in [0.15, 0.2) is 6.33 Å². The Hall–Kier alpha value is -1.60. The Morgan fingerprint density at radius 1 is 1.26 bits per heavy atom. The fraction of sp³-hybridized carbons (Fsp3) is 0.667. The van der Waals surface area contributed by atoms with Crippen LogP contribution in [0.5, 0.6) is 5.88 Å². The zero-order valence-electron chi connectivity index (χ0n) is 11.5. The molecular weight excluding hydrogens is 248 g/mol. The molecule has 106 valence electrons. The highest BCUT2D eigenvalue weighted by molar-refractivity contribution is 5.68. The Bertz CT molecular complexity index is 417. The molecule has 7 nitrogen and oxygen atoms in total. The van der Waals surface area contributed by atoms with Crippen LogP contribution in [0.2, 0.25) is 0 Å². The van der Waals surface area contributed by atoms with Crippen LogP contribution in [-0.4, -0.2) is 56.1 Å². The molecule has 2 rings (SSSR count). The number of nitrogen functional groups attached to an aromatic ring is 1. The molecule has 7 heteroatoms. The van der Waals surface area contributed by atoms with E-state index < -0.39 is 0 Å². The lowest BCUT2D eigenvalue weighted by Crippen LogP contribution is -2.27. The van der Waals surface area contributed by atoms with Crippen molar-refractivity contribution in [3.63, 3.8) is 0 Å². The summed E-state index contributed by atoms with van der Waals surface area (Å²) in [6, 6.07) is 0. The van der Waals surface area contributed by atoms with E-state index in [0.717, 1.165) is 0 Å². The lowest BCUT2D eigenvalue weighted by molar-refractivity contribution is -0.00461. The van der Waals surface area contributed by atoms with Gasteiger partial charge in [-0.3, -0.25) is 0 Å². The predicted octanol–water partition coefficient (Wildman–Crippen LogP) is 0.308. The summed E-state index contributed by atoms with van der Waals surface area (Å²) >= 11 is 0. The second-order valence-electron chi connectivity index (χ2n) is 4.30. The lowest BCUT2D eigenvalue weighted by atomic mass is 10.3. The third-order valence-electron chi connectivity index (χ3n) is 3.23. The van der Waals surface area contributed by atoms with Crippen LogP contribution >= 0.6 is 0 Å². The van der Waals surface area contributed by atoms with Crippen LogP contribution in [-0.2, 0) is 9.47 Å². The monoisotopic (exact) mass is 268 g/mol. The second kappa shape index (κ2) is 6.03. The first-order valence-corrected chi connectivity index (χ1v) is 6.25. The van der Waals surface area contributed by atoms with Crippen molar-refractivity contribution in [3.8, 4) is 5.88 Å². The van der Waals surface area contributed by atoms with E-state index in [1.54, 1.807) is 14.2 Å². The van der Waals surface area contributed by atoms with Gasteiger partial charge in [0.2, 0.25) is 5.88 Å². The molecule has 1 fully saturated rings. The third-order valence-corrected chi connectivity index (χ3v) is 3.23. The summed E-state index contributed by atoms with van der Waals surface area (Å²) in [5, 5.41) is 0. The van der Waals surface area contributed by atoms with E-state index in [1.807, 2.05) is 11.8 Å². The van der Waals surface area contributed by atoms with Crippen molar-refractivity contribution in [1.29, 1.82) is 0 Å². The molecule has 19 heavy (non-hydrogen) atoms. The minimum Gasteiger partial charge on any atom is -0.476 e. The minimum atomic E-state index is 0.00917. The Labute approximate surface area is 112 Å². The molecule has 0 aliphatic carbocycles. The maximum atomic E-state index is 6.05. The molecule has 0 radical (unpaired) electrons. The highest BCUT2D eigenvalue weighted by atomic mass is 16.5. The van der Waals surface area contributed by atoms with Crippen molar-refractivity contribution < 1.29 is 14.2 Å². The van der Waals surface area contributed by atoms with Gasteiger partial charge in [-0.05, 0) is 6.92 Å². The zero-order valence-corrected chi connectivity index (χ0v) is 11.5. The molecule has 0 spiro atoms. The summed E-state index contributed by atoms with van der Waals surface area (Å²) in [6.45, 7) is 3.77. The molecule has 2 heterocycles. The van der Waals surface area contributed by atoms with Gasteiger partial charge in [-0.25, -0.2) is 4.98 Å². The predicted molar refractivity (Wildman–Crippen MR) is 71.4 cm³/mol. The molecule has 1 aliphatic heterocycles. The Balaban J connectivity index is 2.21. The normalized spacial score (nSPS) is 22.8. The molecule has 1 aromatic rings. The number of hydrogen-bond donors (Lipinski definition) is 1. The van der Waals surface area contributed by atoms with Gasteiger partial charge in [-0.1, -0.05) is 0 Å². The van der Waals surface area contributed by atoms with Crippen LogP contribution in [0.4, 0.5) is 11.5 Å². The maximum absolute atomic E-state index is 6.05. The average molecular weight is 268 g/mol. The fourth-order valence-electron chi connectivity index (χ4n) is 2.24. The van der Waals surface area contributed by atoms with Crippen molar-refractivity contribution in [3.05, 3.63) is 6.33 Å². The molecule has 1 aliphatic rings. The molecular formula is C12H20N4O3. The second-order valence-corrected chi connectivity index (χ2v) is 4.30. The number of nitrogens with two attached hydrogens (primary N) is 1. The van der Waals surface area contributed by atoms with Gasteiger partial charge in [-0.15, -0.1) is 0 Å². The van der Waals surface area contributed by atoms with Gasteiger partial charge in [0, 0.05) is 27.3 Å². The number of anilines is 2. The number of hydrogen-bond acceptors (Lipinski definition) is 7. The number of ether oxygens (including phenoxy) is 3. The van der Waals surface area contributed by atoms with E-state index in [9.17, 15) is 0 Å². The highest BCUT2D eigenvalue weighted by Crippen LogP contribution is 2.31. The van der Waals surface area contributed by atoms with E-state index in [2.05, 4.69) is 9.97 Å². The molecule has 1 aromatic heterocycles. The van der Waals surface area contributed by atoms with Crippen molar-refractivity contribution in [2.45, 2.75) is 19.1 Å². The first-order valence-electron chi connectivity index (χ1n) is 6.25. The minimum absolute atomic E-state index is 0.00917. The highest BCUT2D eigenvalue weighted by Gasteiger charge is 2.34. The molecule has 0 bridgehead atoms. The zero-order chi connectivity index (χ0) is 13.8. The van der Waals surface area contributed by atoms with Crippen molar-refractivity contribution >= 4 is 11.5 Å². The Kier molecular flexibility index (Phi) is 4.39. The smallest absolute Gasteiger partial charge is 0.242 e. The Morgan fingerprint density at radius 3 is 2.42 bits per heavy atom. The van der Waals surface area contributed by atoms with Crippen LogP contribution in [0.1, 0.15) is 6.92 Å². The van der Waals surface area contributed by atoms with E-state index in [0.29, 0.717) is 37.1 Å². The fourth-order valence-corrected chi connectivity index (χ4v) is 2.24. The first-order chi connectivity index (χ1) is 9.21. The summed E-state index contributed by atoms with van der Waals surface area (Å²) in [6.07, 6.45) is 1.48. The number of rotatable bonds is 5. The number of nitrogens with zero attached hydrogens (tertiary/aromatic N) is 3. The third kappa shape index (κ3) is 2.71. The Morgan fingerprint density at radius 2 is 1.89 bits per heavy atom. The molecule has 2 unspecified atom stereocenters. The average Bonchev–Trinajstić information content (AvgIpc) is 2.84. The van der Waals surface area contributed by atoms with Crippen LogP contribution in [0, 0.1) is 0 Å². The van der Waals surface area contributed by atoms with Crippen LogP contribution < -0.4 is 15.4 Å². The van der Waals surface area contributed by atoms with Gasteiger partial charge < -0.3 is 24.8 Å². The van der Waals surface area contributed by atoms with E-state index in [1.165, 1.54) is 6.33 Å². The lowest BCUT2D eigenvalue weighted by Gasteiger charge is -2.19. The van der Waals surface area contributed by atoms with E-state index >= 15 is 0 Å². The van der Waals surface area contributed by atoms with Crippen molar-refractivity contribution in [2.75, 3.05) is 44.5 Å². The van der Waals surface area contributed by atoms with Gasteiger partial charge in [-0.2, -0.15) is 4.98 Å². The quantitative estimate of drug-likeness (QED) is 0.822. The summed E-state index contributed by atoms with van der Waals surface area (Å²) < 4.78 is 16.2. The van der Waals surface area contributed by atoms with E-state index in [4.69, 9.17) is 19.9 Å². The van der Waals surface area contributed by atoms with E-state index in [-0.39, 0.29) is 12.2 Å². The van der Waals surface area contributed by atoms with Crippen molar-refractivity contribution in [1.82, 2.24) is 9.97 Å². The summed E-state index contributed by atoms with van der Waals surface area (Å²) in [4.78, 5) is 10.3. The number of methoxy groups -OCH3 is 2. The maximum Gasteiger partial charge on any atom is 0.242 e. The van der Waals surface area contributed by atoms with Crippen LogP contribution in [0.3, 0.4) is 0 Å². The molecule has 2 N–H and O–H groups in total. The molecule has 0 amide bonds. The number of aromatic nitrogens is 2. The molecule has 0 saturated carbocycles. The summed E-state index contributed by atoms with van der Waals surface area (Å²) in [5.74, 6) is 1.09. The van der Waals surface area contributed by atoms with Crippen molar-refractivity contribution in [2.24, 2.45) is 0 Å². The summed E-state index contributed by atoms with van der Waals surface area (Å²) in [5.41, 5.74) is 6.50. The van der Waals surface area contributed by atoms with Gasteiger partial charge >= 0.3 is 0 Å². The largest absolute Gasteiger partial charge is 0.476 e. The molecule has 1 saturated heterocycles. The first kappa shape index (κ1) is 13.8.